The average Bonchev–Trinajstić information content (AvgIpc) is 2.68. The van der Waals surface area contributed by atoms with Gasteiger partial charge in [-0.3, -0.25) is 4.79 Å². The number of aliphatic hydroxyl groups is 1. The SMILES string of the molecule is N#Cc1ccc(C(=O)Nc2ccc(F)c([C@]3(C(F)F)CC(O)OC(N)=N3)c2)nc1. The van der Waals surface area contributed by atoms with E-state index >= 15 is 0 Å². The van der Waals surface area contributed by atoms with Crippen LogP contribution in [0.2, 0.25) is 0 Å². The topological polar surface area (TPSA) is 134 Å². The molecule has 0 bridgehead atoms. The van der Waals surface area contributed by atoms with Crippen molar-refractivity contribution in [3.63, 3.8) is 0 Å². The van der Waals surface area contributed by atoms with Gasteiger partial charge < -0.3 is 20.9 Å². The van der Waals surface area contributed by atoms with Gasteiger partial charge in [0.2, 0.25) is 6.29 Å². The lowest BCUT2D eigenvalue weighted by molar-refractivity contribution is -0.0915. The zero-order valence-electron chi connectivity index (χ0n) is 14.6. The number of carbonyl (C=O) groups excluding carboxylic acids is 1. The highest BCUT2D eigenvalue weighted by molar-refractivity contribution is 6.02. The molecule has 11 heteroatoms. The van der Waals surface area contributed by atoms with Gasteiger partial charge in [-0.1, -0.05) is 0 Å². The Hall–Kier alpha value is -3.65. The monoisotopic (exact) mass is 405 g/mol. The number of nitrogens with one attached hydrogen (secondary N) is 1. The Labute approximate surface area is 162 Å². The molecular formula is C18H14F3N5O3. The van der Waals surface area contributed by atoms with Crippen molar-refractivity contribution < 1.29 is 27.8 Å². The van der Waals surface area contributed by atoms with E-state index in [1.54, 1.807) is 0 Å². The second kappa shape index (κ2) is 7.76. The van der Waals surface area contributed by atoms with Crippen molar-refractivity contribution in [1.29, 1.82) is 5.26 Å². The first kappa shape index (κ1) is 20.1. The predicted molar refractivity (Wildman–Crippen MR) is 94.3 cm³/mol. The summed E-state index contributed by atoms with van der Waals surface area (Å²) in [5.74, 6) is -1.72. The molecule has 2 aromatic rings. The number of hydrogen-bond donors (Lipinski definition) is 3. The number of anilines is 1. The van der Waals surface area contributed by atoms with E-state index in [9.17, 15) is 23.1 Å². The van der Waals surface area contributed by atoms with E-state index in [0.29, 0.717) is 0 Å². The van der Waals surface area contributed by atoms with Crippen LogP contribution in [-0.2, 0) is 10.3 Å². The summed E-state index contributed by atoms with van der Waals surface area (Å²) in [7, 11) is 0. The van der Waals surface area contributed by atoms with E-state index in [0.717, 1.165) is 12.1 Å². The van der Waals surface area contributed by atoms with Crippen LogP contribution in [0.15, 0.2) is 41.5 Å². The number of aromatic nitrogens is 1. The molecule has 0 saturated heterocycles. The molecular weight excluding hydrogens is 391 g/mol. The van der Waals surface area contributed by atoms with Crippen molar-refractivity contribution >= 4 is 17.6 Å². The third-order valence-electron chi connectivity index (χ3n) is 4.23. The number of aliphatic hydroxyl groups excluding tert-OH is 1. The van der Waals surface area contributed by atoms with E-state index < -0.39 is 48.0 Å². The summed E-state index contributed by atoms with van der Waals surface area (Å²) >= 11 is 0. The fourth-order valence-electron chi connectivity index (χ4n) is 2.87. The molecule has 0 spiro atoms. The van der Waals surface area contributed by atoms with Gasteiger partial charge in [0.1, 0.15) is 17.6 Å². The van der Waals surface area contributed by atoms with Crippen LogP contribution >= 0.6 is 0 Å². The molecule has 29 heavy (non-hydrogen) atoms. The maximum Gasteiger partial charge on any atom is 0.285 e. The Morgan fingerprint density at radius 1 is 1.41 bits per heavy atom. The third-order valence-corrected chi connectivity index (χ3v) is 4.23. The lowest BCUT2D eigenvalue weighted by Gasteiger charge is -2.35. The fourth-order valence-corrected chi connectivity index (χ4v) is 2.87. The molecule has 2 atom stereocenters. The summed E-state index contributed by atoms with van der Waals surface area (Å²) in [5, 5.41) is 20.8. The van der Waals surface area contributed by atoms with Crippen molar-refractivity contribution in [2.75, 3.05) is 5.32 Å². The Kier molecular flexibility index (Phi) is 5.38. The molecule has 0 saturated carbocycles. The molecule has 150 valence electrons. The largest absolute Gasteiger partial charge is 0.436 e. The maximum absolute atomic E-state index is 14.4. The number of alkyl halides is 2. The molecule has 1 aliphatic heterocycles. The van der Waals surface area contributed by atoms with Gasteiger partial charge in [-0.25, -0.2) is 23.1 Å². The van der Waals surface area contributed by atoms with Gasteiger partial charge in [0, 0.05) is 23.9 Å². The Balaban J connectivity index is 1.96. The lowest BCUT2D eigenvalue weighted by Crippen LogP contribution is -2.45. The Morgan fingerprint density at radius 2 is 2.17 bits per heavy atom. The molecule has 2 heterocycles. The number of hydrogen-bond acceptors (Lipinski definition) is 7. The number of amidine groups is 1. The quantitative estimate of drug-likeness (QED) is 0.711. The van der Waals surface area contributed by atoms with E-state index in [-0.39, 0.29) is 16.9 Å². The molecule has 1 amide bonds. The standard InChI is InChI=1S/C18H14F3N5O3/c19-12-3-2-10(25-15(28)13-4-1-9(7-22)8-24-13)5-11(12)18(16(20)21)6-14(27)29-17(23)26-18/h1-5,8,14,16,27H,6H2,(H2,23,26)(H,25,28)/t14?,18-/m0/s1. The van der Waals surface area contributed by atoms with Gasteiger partial charge in [0.15, 0.2) is 5.54 Å². The highest BCUT2D eigenvalue weighted by Crippen LogP contribution is 2.41. The number of pyridine rings is 1. The van der Waals surface area contributed by atoms with Gasteiger partial charge in [-0.2, -0.15) is 5.26 Å². The Morgan fingerprint density at radius 3 is 2.76 bits per heavy atom. The van der Waals surface area contributed by atoms with Gasteiger partial charge in [-0.05, 0) is 30.3 Å². The number of amides is 1. The summed E-state index contributed by atoms with van der Waals surface area (Å²) < 4.78 is 46.9. The molecule has 4 N–H and O–H groups in total. The number of nitriles is 1. The zero-order chi connectivity index (χ0) is 21.2. The summed E-state index contributed by atoms with van der Waals surface area (Å²) in [4.78, 5) is 19.7. The highest BCUT2D eigenvalue weighted by atomic mass is 19.3. The van der Waals surface area contributed by atoms with Crippen molar-refractivity contribution in [2.24, 2.45) is 10.7 Å². The van der Waals surface area contributed by atoms with E-state index in [1.165, 1.54) is 24.4 Å². The number of carbonyl (C=O) groups is 1. The molecule has 1 aromatic heterocycles. The third kappa shape index (κ3) is 3.97. The van der Waals surface area contributed by atoms with E-state index in [2.05, 4.69) is 20.0 Å². The minimum atomic E-state index is -3.22. The molecule has 0 fully saturated rings. The number of benzene rings is 1. The fraction of sp³-hybridized carbons (Fsp3) is 0.222. The van der Waals surface area contributed by atoms with Gasteiger partial charge in [-0.15, -0.1) is 0 Å². The predicted octanol–water partition coefficient (Wildman–Crippen LogP) is 1.86. The first-order chi connectivity index (χ1) is 13.7. The maximum atomic E-state index is 14.4. The normalized spacial score (nSPS) is 21.1. The minimum Gasteiger partial charge on any atom is -0.436 e. The number of halogens is 3. The van der Waals surface area contributed by atoms with Crippen LogP contribution < -0.4 is 11.1 Å². The number of nitrogens with two attached hydrogens (primary N) is 1. The highest BCUT2D eigenvalue weighted by Gasteiger charge is 2.49. The first-order valence-corrected chi connectivity index (χ1v) is 8.21. The molecule has 3 rings (SSSR count). The van der Waals surface area contributed by atoms with Crippen LogP contribution in [-0.4, -0.2) is 34.7 Å². The van der Waals surface area contributed by atoms with Crippen LogP contribution in [0.4, 0.5) is 18.9 Å². The van der Waals surface area contributed by atoms with Crippen molar-refractivity contribution in [1.82, 2.24) is 4.98 Å². The van der Waals surface area contributed by atoms with Crippen LogP contribution in [0.5, 0.6) is 0 Å². The zero-order valence-corrected chi connectivity index (χ0v) is 14.6. The van der Waals surface area contributed by atoms with Crippen LogP contribution in [0.25, 0.3) is 0 Å². The number of rotatable bonds is 4. The summed E-state index contributed by atoms with van der Waals surface area (Å²) in [6, 6.07) is 6.87. The van der Waals surface area contributed by atoms with Crippen LogP contribution in [0.1, 0.15) is 28.0 Å². The van der Waals surface area contributed by atoms with Crippen molar-refractivity contribution in [3.8, 4) is 6.07 Å². The summed E-state index contributed by atoms with van der Waals surface area (Å²) in [6.07, 6.45) is -4.48. The molecule has 0 aliphatic carbocycles. The molecule has 1 aliphatic rings. The molecule has 0 radical (unpaired) electrons. The number of ether oxygens (including phenoxy) is 1. The average molecular weight is 405 g/mol. The molecule has 8 nitrogen and oxygen atoms in total. The lowest BCUT2D eigenvalue weighted by atomic mass is 9.85. The minimum absolute atomic E-state index is 0.00709. The van der Waals surface area contributed by atoms with Gasteiger partial charge in [0.05, 0.1) is 5.56 Å². The van der Waals surface area contributed by atoms with Crippen molar-refractivity contribution in [2.45, 2.75) is 24.7 Å². The first-order valence-electron chi connectivity index (χ1n) is 8.21. The Bertz CT molecular complexity index is 1010. The van der Waals surface area contributed by atoms with E-state index in [1.807, 2.05) is 6.07 Å². The summed E-state index contributed by atoms with van der Waals surface area (Å²) in [5.41, 5.74) is 2.50. The molecule has 1 aromatic carbocycles. The molecule has 1 unspecified atom stereocenters. The smallest absolute Gasteiger partial charge is 0.285 e. The number of nitrogens with zero attached hydrogens (tertiary/aromatic N) is 3. The van der Waals surface area contributed by atoms with E-state index in [4.69, 9.17) is 11.0 Å². The van der Waals surface area contributed by atoms with Gasteiger partial charge in [0.25, 0.3) is 18.4 Å². The summed E-state index contributed by atoms with van der Waals surface area (Å²) in [6.45, 7) is 0. The second-order valence-corrected chi connectivity index (χ2v) is 6.14. The second-order valence-electron chi connectivity index (χ2n) is 6.14. The van der Waals surface area contributed by atoms with Crippen LogP contribution in [0.3, 0.4) is 0 Å². The number of aliphatic imine (C=N–C) groups is 1. The van der Waals surface area contributed by atoms with Crippen LogP contribution in [0, 0.1) is 17.1 Å². The van der Waals surface area contributed by atoms with Gasteiger partial charge >= 0.3 is 0 Å². The van der Waals surface area contributed by atoms with Crippen molar-refractivity contribution in [3.05, 3.63) is 59.2 Å².